The highest BCUT2D eigenvalue weighted by atomic mass is 16.8. The first-order valence-electron chi connectivity index (χ1n) is 13.3. The van der Waals surface area contributed by atoms with Gasteiger partial charge in [-0.2, -0.15) is 0 Å². The molecule has 1 rings (SSSR count). The molecule has 1 aliphatic rings. The molecule has 0 amide bonds. The predicted molar refractivity (Wildman–Crippen MR) is 127 cm³/mol. The first kappa shape index (κ1) is 28.8. The molecule has 0 saturated heterocycles. The lowest BCUT2D eigenvalue weighted by Gasteiger charge is -2.54. The van der Waals surface area contributed by atoms with Crippen LogP contribution in [0.5, 0.6) is 0 Å². The minimum Gasteiger partial charge on any atom is -0.372 e. The van der Waals surface area contributed by atoms with Crippen LogP contribution in [0.25, 0.3) is 0 Å². The van der Waals surface area contributed by atoms with Crippen LogP contribution in [0.1, 0.15) is 118 Å². The van der Waals surface area contributed by atoms with Gasteiger partial charge in [0.1, 0.15) is 6.10 Å². The van der Waals surface area contributed by atoms with E-state index in [0.29, 0.717) is 26.4 Å². The maximum absolute atomic E-state index is 6.68. The van der Waals surface area contributed by atoms with Gasteiger partial charge in [-0.3, -0.25) is 0 Å². The van der Waals surface area contributed by atoms with E-state index in [1.54, 1.807) is 0 Å². The van der Waals surface area contributed by atoms with Gasteiger partial charge in [0, 0.05) is 13.0 Å². The molecule has 5 nitrogen and oxygen atoms in total. The Hall–Kier alpha value is -0.200. The largest absolute Gasteiger partial charge is 0.372 e. The topological polar surface area (TPSA) is 46.2 Å². The Morgan fingerprint density at radius 3 is 1.45 bits per heavy atom. The van der Waals surface area contributed by atoms with E-state index < -0.39 is 11.6 Å². The van der Waals surface area contributed by atoms with Crippen molar-refractivity contribution in [1.82, 2.24) is 0 Å². The van der Waals surface area contributed by atoms with E-state index in [4.69, 9.17) is 23.7 Å². The third kappa shape index (κ3) is 8.92. The fraction of sp³-hybridized carbons (Fsp3) is 1.00. The zero-order valence-corrected chi connectivity index (χ0v) is 21.3. The zero-order valence-electron chi connectivity index (χ0n) is 21.3. The minimum absolute atomic E-state index is 0.176. The summed E-state index contributed by atoms with van der Waals surface area (Å²) in [6.07, 6.45) is 13.0. The number of ether oxygens (including phenoxy) is 5. The second-order valence-electron chi connectivity index (χ2n) is 8.83. The van der Waals surface area contributed by atoms with Crippen LogP contribution in [0.2, 0.25) is 0 Å². The molecule has 0 aromatic heterocycles. The van der Waals surface area contributed by atoms with Crippen LogP contribution in [0.3, 0.4) is 0 Å². The molecule has 0 heterocycles. The van der Waals surface area contributed by atoms with Crippen molar-refractivity contribution in [2.45, 2.75) is 136 Å². The van der Waals surface area contributed by atoms with Crippen LogP contribution in [0.15, 0.2) is 0 Å². The molecular weight excluding hydrogens is 392 g/mol. The monoisotopic (exact) mass is 444 g/mol. The normalized spacial score (nSPS) is 20.2. The van der Waals surface area contributed by atoms with Gasteiger partial charge in [-0.25, -0.2) is 0 Å². The molecule has 0 spiro atoms. The summed E-state index contributed by atoms with van der Waals surface area (Å²) in [6.45, 7) is 14.2. The van der Waals surface area contributed by atoms with Crippen molar-refractivity contribution >= 4 is 0 Å². The number of hydrogen-bond donors (Lipinski definition) is 0. The molecule has 0 radical (unpaired) electrons. The van der Waals surface area contributed by atoms with Gasteiger partial charge in [-0.05, 0) is 44.9 Å². The maximum Gasteiger partial charge on any atom is 0.250 e. The standard InChI is InChI=1S/C26H52O5/c1-6-11-19-27-24-17-16-18-25(28-20-12-7-2,29-21-13-8-3)26(24,30-22-14-9-4)31-23-15-10-5/h24H,6-23H2,1-5H3. The summed E-state index contributed by atoms with van der Waals surface area (Å²) in [7, 11) is 0. The molecule has 0 aromatic carbocycles. The molecule has 1 saturated carbocycles. The highest BCUT2D eigenvalue weighted by Crippen LogP contribution is 2.47. The lowest BCUT2D eigenvalue weighted by atomic mass is 9.84. The summed E-state index contributed by atoms with van der Waals surface area (Å²) >= 11 is 0. The van der Waals surface area contributed by atoms with Gasteiger partial charge < -0.3 is 23.7 Å². The van der Waals surface area contributed by atoms with Gasteiger partial charge in [0.05, 0.1) is 26.4 Å². The highest BCUT2D eigenvalue weighted by Gasteiger charge is 2.63. The molecule has 1 aliphatic carbocycles. The summed E-state index contributed by atoms with van der Waals surface area (Å²) in [5.74, 6) is -1.92. The molecule has 0 aromatic rings. The Kier molecular flexibility index (Phi) is 16.1. The summed E-state index contributed by atoms with van der Waals surface area (Å²) in [5, 5.41) is 0. The van der Waals surface area contributed by atoms with E-state index in [0.717, 1.165) is 90.1 Å². The van der Waals surface area contributed by atoms with Crippen molar-refractivity contribution in [2.24, 2.45) is 0 Å². The van der Waals surface area contributed by atoms with Crippen LogP contribution >= 0.6 is 0 Å². The quantitative estimate of drug-likeness (QED) is 0.149. The Morgan fingerprint density at radius 2 is 1.00 bits per heavy atom. The first-order valence-corrected chi connectivity index (χ1v) is 13.3. The van der Waals surface area contributed by atoms with Crippen molar-refractivity contribution in [2.75, 3.05) is 33.0 Å². The summed E-state index contributed by atoms with van der Waals surface area (Å²) in [6, 6.07) is 0. The molecule has 1 fully saturated rings. The number of rotatable bonds is 20. The molecular formula is C26H52O5. The molecule has 1 atom stereocenters. The second-order valence-corrected chi connectivity index (χ2v) is 8.83. The molecule has 31 heavy (non-hydrogen) atoms. The van der Waals surface area contributed by atoms with Crippen molar-refractivity contribution in [3.05, 3.63) is 0 Å². The SMILES string of the molecule is CCCCOC1CCCC(OCCCC)(OCCCC)C1(OCCCC)OCCCC. The van der Waals surface area contributed by atoms with Crippen LogP contribution in [-0.4, -0.2) is 50.7 Å². The second kappa shape index (κ2) is 17.3. The number of unbranched alkanes of at least 4 members (excludes halogenated alkanes) is 5. The smallest absolute Gasteiger partial charge is 0.250 e. The van der Waals surface area contributed by atoms with E-state index in [1.165, 1.54) is 0 Å². The van der Waals surface area contributed by atoms with Gasteiger partial charge in [-0.15, -0.1) is 0 Å². The maximum atomic E-state index is 6.68. The molecule has 0 bridgehead atoms. The van der Waals surface area contributed by atoms with Crippen LogP contribution in [0.4, 0.5) is 0 Å². The van der Waals surface area contributed by atoms with Gasteiger partial charge in [0.25, 0.3) is 5.79 Å². The molecule has 0 aliphatic heterocycles. The van der Waals surface area contributed by atoms with E-state index in [9.17, 15) is 0 Å². The Morgan fingerprint density at radius 1 is 0.581 bits per heavy atom. The fourth-order valence-corrected chi connectivity index (χ4v) is 4.03. The molecule has 5 heteroatoms. The zero-order chi connectivity index (χ0) is 22.8. The lowest BCUT2D eigenvalue weighted by Crippen LogP contribution is -2.69. The van der Waals surface area contributed by atoms with E-state index >= 15 is 0 Å². The first-order chi connectivity index (χ1) is 15.2. The van der Waals surface area contributed by atoms with E-state index in [2.05, 4.69) is 34.6 Å². The van der Waals surface area contributed by atoms with Crippen molar-refractivity contribution in [3.8, 4) is 0 Å². The van der Waals surface area contributed by atoms with E-state index in [1.807, 2.05) is 0 Å². The van der Waals surface area contributed by atoms with Crippen LogP contribution < -0.4 is 0 Å². The lowest BCUT2D eigenvalue weighted by molar-refractivity contribution is -0.447. The average Bonchev–Trinajstić information content (AvgIpc) is 2.77. The average molecular weight is 445 g/mol. The van der Waals surface area contributed by atoms with Crippen molar-refractivity contribution in [3.63, 3.8) is 0 Å². The molecule has 0 N–H and O–H groups in total. The Labute approximate surface area is 192 Å². The van der Waals surface area contributed by atoms with Gasteiger partial charge in [-0.1, -0.05) is 66.7 Å². The van der Waals surface area contributed by atoms with E-state index in [-0.39, 0.29) is 6.10 Å². The molecule has 1 unspecified atom stereocenters. The Bertz CT molecular complexity index is 395. The van der Waals surface area contributed by atoms with Crippen LogP contribution in [0, 0.1) is 0 Å². The third-order valence-corrected chi connectivity index (χ3v) is 6.04. The fourth-order valence-electron chi connectivity index (χ4n) is 4.03. The van der Waals surface area contributed by atoms with Gasteiger partial charge in [0.2, 0.25) is 5.79 Å². The van der Waals surface area contributed by atoms with Crippen molar-refractivity contribution < 1.29 is 23.7 Å². The summed E-state index contributed by atoms with van der Waals surface area (Å²) in [4.78, 5) is 0. The highest BCUT2D eigenvalue weighted by molar-refractivity contribution is 5.00. The van der Waals surface area contributed by atoms with Gasteiger partial charge >= 0.3 is 0 Å². The summed E-state index contributed by atoms with van der Waals surface area (Å²) in [5.41, 5.74) is 0. The van der Waals surface area contributed by atoms with Crippen LogP contribution in [-0.2, 0) is 23.7 Å². The molecule has 186 valence electrons. The van der Waals surface area contributed by atoms with Gasteiger partial charge in [0.15, 0.2) is 0 Å². The van der Waals surface area contributed by atoms with Crippen molar-refractivity contribution in [1.29, 1.82) is 0 Å². The minimum atomic E-state index is -1.01. The predicted octanol–water partition coefficient (Wildman–Crippen LogP) is 7.02. The summed E-state index contributed by atoms with van der Waals surface area (Å²) < 4.78 is 33.1. The third-order valence-electron chi connectivity index (χ3n) is 6.04. The Balaban J connectivity index is 3.30. The number of hydrogen-bond acceptors (Lipinski definition) is 5.